The molecule has 1 heterocycles. The van der Waals surface area contributed by atoms with Crippen molar-refractivity contribution in [3.63, 3.8) is 0 Å². The van der Waals surface area contributed by atoms with Crippen molar-refractivity contribution < 1.29 is 4.79 Å². The maximum atomic E-state index is 11.3. The van der Waals surface area contributed by atoms with Gasteiger partial charge in [-0.25, -0.2) is 0 Å². The lowest BCUT2D eigenvalue weighted by Crippen LogP contribution is -1.93. The quantitative estimate of drug-likeness (QED) is 0.513. The molecule has 0 aromatic carbocycles. The van der Waals surface area contributed by atoms with Crippen LogP contribution in [0.2, 0.25) is 0 Å². The lowest BCUT2D eigenvalue weighted by molar-refractivity contribution is 0.0988. The molecule has 0 saturated heterocycles. The molecule has 0 aliphatic heterocycles. The third-order valence-corrected chi connectivity index (χ3v) is 2.55. The topological polar surface area (TPSA) is 17.1 Å². The van der Waals surface area contributed by atoms with Crippen molar-refractivity contribution in [3.05, 3.63) is 21.9 Å². The van der Waals surface area contributed by atoms with Crippen LogP contribution in [0.5, 0.6) is 0 Å². The molecule has 0 unspecified atom stereocenters. The molecule has 62 valence electrons. The van der Waals surface area contributed by atoms with Crippen molar-refractivity contribution in [3.8, 4) is 12.3 Å². The number of thiophene rings is 1. The maximum absolute atomic E-state index is 11.3. The summed E-state index contributed by atoms with van der Waals surface area (Å²) in [7, 11) is 0. The molecular formula is C10H10OS. The molecule has 0 aliphatic carbocycles. The first-order valence-electron chi connectivity index (χ1n) is 3.77. The van der Waals surface area contributed by atoms with Crippen LogP contribution in [0.15, 0.2) is 12.1 Å². The third kappa shape index (κ3) is 2.21. The van der Waals surface area contributed by atoms with E-state index < -0.39 is 0 Å². The minimum absolute atomic E-state index is 0.158. The van der Waals surface area contributed by atoms with Gasteiger partial charge in [0, 0.05) is 17.7 Å². The summed E-state index contributed by atoms with van der Waals surface area (Å²) in [5.74, 6) is 2.62. The van der Waals surface area contributed by atoms with Gasteiger partial charge in [0.1, 0.15) is 0 Å². The summed E-state index contributed by atoms with van der Waals surface area (Å²) in [4.78, 5) is 13.3. The Kier molecular flexibility index (Phi) is 3.07. The Morgan fingerprint density at radius 3 is 2.92 bits per heavy atom. The van der Waals surface area contributed by atoms with E-state index in [0.717, 1.165) is 4.88 Å². The number of hydrogen-bond acceptors (Lipinski definition) is 2. The van der Waals surface area contributed by atoms with E-state index in [-0.39, 0.29) is 5.78 Å². The van der Waals surface area contributed by atoms with Crippen LogP contribution in [0.25, 0.3) is 0 Å². The van der Waals surface area contributed by atoms with Crippen LogP contribution in [0.4, 0.5) is 0 Å². The highest BCUT2D eigenvalue weighted by molar-refractivity contribution is 7.14. The van der Waals surface area contributed by atoms with Gasteiger partial charge in [-0.2, -0.15) is 0 Å². The van der Waals surface area contributed by atoms with Crippen molar-refractivity contribution in [1.82, 2.24) is 0 Å². The molecular weight excluding hydrogens is 168 g/mol. The molecule has 0 fully saturated rings. The predicted octanol–water partition coefficient (Wildman–Crippen LogP) is 2.65. The van der Waals surface area contributed by atoms with Crippen molar-refractivity contribution in [1.29, 1.82) is 0 Å². The van der Waals surface area contributed by atoms with Gasteiger partial charge in [-0.15, -0.1) is 23.7 Å². The fraction of sp³-hybridized carbons (Fsp3) is 0.300. The summed E-state index contributed by atoms with van der Waals surface area (Å²) < 4.78 is 0. The van der Waals surface area contributed by atoms with Crippen LogP contribution in [0.3, 0.4) is 0 Å². The van der Waals surface area contributed by atoms with Crippen LogP contribution in [0.1, 0.15) is 27.4 Å². The molecule has 0 amide bonds. The SMILES string of the molecule is C#CCCC(=O)c1ccc(C)s1. The van der Waals surface area contributed by atoms with Crippen LogP contribution in [-0.2, 0) is 0 Å². The van der Waals surface area contributed by atoms with Crippen molar-refractivity contribution >= 4 is 17.1 Å². The summed E-state index contributed by atoms with van der Waals surface area (Å²) in [5, 5.41) is 0. The highest BCUT2D eigenvalue weighted by Gasteiger charge is 2.06. The number of hydrogen-bond donors (Lipinski definition) is 0. The lowest BCUT2D eigenvalue weighted by Gasteiger charge is -1.91. The van der Waals surface area contributed by atoms with E-state index in [4.69, 9.17) is 6.42 Å². The Morgan fingerprint density at radius 2 is 2.42 bits per heavy atom. The monoisotopic (exact) mass is 178 g/mol. The van der Waals surface area contributed by atoms with Gasteiger partial charge >= 0.3 is 0 Å². The van der Waals surface area contributed by atoms with Gasteiger partial charge in [-0.1, -0.05) is 0 Å². The summed E-state index contributed by atoms with van der Waals surface area (Å²) in [6, 6.07) is 3.81. The average molecular weight is 178 g/mol. The van der Waals surface area contributed by atoms with E-state index in [1.165, 1.54) is 16.2 Å². The summed E-state index contributed by atoms with van der Waals surface area (Å²) >= 11 is 1.53. The van der Waals surface area contributed by atoms with E-state index in [2.05, 4.69) is 5.92 Å². The molecule has 12 heavy (non-hydrogen) atoms. The normalized spacial score (nSPS) is 9.33. The molecule has 0 spiro atoms. The first kappa shape index (κ1) is 9.02. The summed E-state index contributed by atoms with van der Waals surface area (Å²) in [6.07, 6.45) is 6.07. The second-order valence-electron chi connectivity index (χ2n) is 2.54. The molecule has 2 heteroatoms. The number of carbonyl (C=O) groups is 1. The van der Waals surface area contributed by atoms with Crippen LogP contribution >= 0.6 is 11.3 Å². The summed E-state index contributed by atoms with van der Waals surface area (Å²) in [6.45, 7) is 1.99. The minimum Gasteiger partial charge on any atom is -0.293 e. The second-order valence-corrected chi connectivity index (χ2v) is 3.83. The Balaban J connectivity index is 2.61. The number of ketones is 1. The molecule has 1 rings (SSSR count). The molecule has 0 N–H and O–H groups in total. The number of rotatable bonds is 3. The lowest BCUT2D eigenvalue weighted by atomic mass is 10.2. The highest BCUT2D eigenvalue weighted by atomic mass is 32.1. The van der Waals surface area contributed by atoms with Gasteiger partial charge < -0.3 is 0 Å². The molecule has 1 nitrogen and oxygen atoms in total. The van der Waals surface area contributed by atoms with E-state index in [9.17, 15) is 4.79 Å². The number of Topliss-reactive ketones (excluding diaryl/α,β-unsaturated/α-hetero) is 1. The smallest absolute Gasteiger partial charge is 0.173 e. The first-order valence-corrected chi connectivity index (χ1v) is 4.59. The highest BCUT2D eigenvalue weighted by Crippen LogP contribution is 2.17. The maximum Gasteiger partial charge on any atom is 0.173 e. The third-order valence-electron chi connectivity index (χ3n) is 1.51. The van der Waals surface area contributed by atoms with Gasteiger partial charge in [0.2, 0.25) is 0 Å². The second kappa shape index (κ2) is 4.08. The van der Waals surface area contributed by atoms with Crippen molar-refractivity contribution in [2.24, 2.45) is 0 Å². The minimum atomic E-state index is 0.158. The summed E-state index contributed by atoms with van der Waals surface area (Å²) in [5.41, 5.74) is 0. The zero-order valence-electron chi connectivity index (χ0n) is 6.96. The molecule has 0 radical (unpaired) electrons. The first-order chi connectivity index (χ1) is 5.74. The Hall–Kier alpha value is -1.07. The molecule has 1 aromatic heterocycles. The number of carbonyl (C=O) groups excluding carboxylic acids is 1. The largest absolute Gasteiger partial charge is 0.293 e. The van der Waals surface area contributed by atoms with Gasteiger partial charge in [-0.05, 0) is 19.1 Å². The zero-order valence-corrected chi connectivity index (χ0v) is 7.78. The fourth-order valence-corrected chi connectivity index (χ4v) is 1.73. The van der Waals surface area contributed by atoms with E-state index in [0.29, 0.717) is 12.8 Å². The van der Waals surface area contributed by atoms with Crippen molar-refractivity contribution in [2.75, 3.05) is 0 Å². The molecule has 0 bridgehead atoms. The average Bonchev–Trinajstić information content (AvgIpc) is 2.47. The van der Waals surface area contributed by atoms with Crippen LogP contribution < -0.4 is 0 Å². The van der Waals surface area contributed by atoms with Gasteiger partial charge in [0.05, 0.1) is 4.88 Å². The zero-order chi connectivity index (χ0) is 8.97. The Morgan fingerprint density at radius 1 is 1.67 bits per heavy atom. The van der Waals surface area contributed by atoms with Crippen LogP contribution in [0, 0.1) is 19.3 Å². The Bertz CT molecular complexity index is 317. The van der Waals surface area contributed by atoms with Gasteiger partial charge in [0.25, 0.3) is 0 Å². The van der Waals surface area contributed by atoms with Gasteiger partial charge in [-0.3, -0.25) is 4.79 Å². The van der Waals surface area contributed by atoms with Crippen molar-refractivity contribution in [2.45, 2.75) is 19.8 Å². The van der Waals surface area contributed by atoms with Crippen LogP contribution in [-0.4, -0.2) is 5.78 Å². The molecule has 0 saturated carbocycles. The number of terminal acetylenes is 1. The number of aryl methyl sites for hydroxylation is 1. The molecule has 1 aromatic rings. The Labute approximate surface area is 76.4 Å². The standard InChI is InChI=1S/C10H10OS/c1-3-4-5-9(11)10-7-6-8(2)12-10/h1,6-7H,4-5H2,2H3. The molecule has 0 aliphatic rings. The fourth-order valence-electron chi connectivity index (χ4n) is 0.893. The van der Waals surface area contributed by atoms with E-state index in [1.54, 1.807) is 0 Å². The van der Waals surface area contributed by atoms with E-state index >= 15 is 0 Å². The van der Waals surface area contributed by atoms with E-state index in [1.807, 2.05) is 19.1 Å². The predicted molar refractivity (Wildman–Crippen MR) is 51.5 cm³/mol. The van der Waals surface area contributed by atoms with Gasteiger partial charge in [0.15, 0.2) is 5.78 Å². The molecule has 0 atom stereocenters.